The molecule has 1 amide bonds. The van der Waals surface area contributed by atoms with E-state index in [1.165, 1.54) is 19.3 Å². The third-order valence-corrected chi connectivity index (χ3v) is 5.60. The first kappa shape index (κ1) is 21.9. The number of ether oxygens (including phenoxy) is 1. The number of anilines is 2. The molecule has 2 heterocycles. The highest BCUT2D eigenvalue weighted by molar-refractivity contribution is 5.91. The smallest absolute Gasteiger partial charge is 0.407 e. The summed E-state index contributed by atoms with van der Waals surface area (Å²) in [6.45, 7) is 5.86. The average Bonchev–Trinajstić information content (AvgIpc) is 3.12. The van der Waals surface area contributed by atoms with Crippen LogP contribution >= 0.6 is 0 Å². The lowest BCUT2D eigenvalue weighted by Crippen LogP contribution is -2.32. The molecule has 3 aromatic rings. The summed E-state index contributed by atoms with van der Waals surface area (Å²) in [6, 6.07) is 9.91. The molecule has 1 aliphatic carbocycles. The maximum Gasteiger partial charge on any atom is 0.407 e. The van der Waals surface area contributed by atoms with Crippen LogP contribution in [0.4, 0.5) is 16.3 Å². The lowest BCUT2D eigenvalue weighted by Gasteiger charge is -2.22. The van der Waals surface area contributed by atoms with Gasteiger partial charge in [-0.15, -0.1) is 0 Å². The number of carbonyl (C=O) groups is 1. The van der Waals surface area contributed by atoms with E-state index in [1.54, 1.807) is 6.20 Å². The zero-order valence-electron chi connectivity index (χ0n) is 18.9. The average molecular weight is 438 g/mol. The molecule has 4 rings (SSSR count). The van der Waals surface area contributed by atoms with Crippen molar-refractivity contribution in [2.45, 2.75) is 71.1 Å². The van der Waals surface area contributed by atoms with E-state index < -0.39 is 11.7 Å². The SMILES string of the molecule is CC(C)(C)OC(=O)NCc1ccc(Nc2nn(C3CCCCC3)c3cc[nH]c(=O)c23)cc1. The number of benzene rings is 1. The quantitative estimate of drug-likeness (QED) is 0.522. The van der Waals surface area contributed by atoms with Crippen LogP contribution in [0.3, 0.4) is 0 Å². The fourth-order valence-corrected chi connectivity index (χ4v) is 4.12. The van der Waals surface area contributed by atoms with Crippen LogP contribution in [-0.2, 0) is 11.3 Å². The van der Waals surface area contributed by atoms with Gasteiger partial charge in [0, 0.05) is 18.4 Å². The summed E-state index contributed by atoms with van der Waals surface area (Å²) in [5, 5.41) is 11.4. The highest BCUT2D eigenvalue weighted by atomic mass is 16.6. The fourth-order valence-electron chi connectivity index (χ4n) is 4.12. The van der Waals surface area contributed by atoms with E-state index in [2.05, 4.69) is 15.6 Å². The Morgan fingerprint density at radius 3 is 2.56 bits per heavy atom. The minimum atomic E-state index is -0.528. The van der Waals surface area contributed by atoms with Crippen molar-refractivity contribution in [3.63, 3.8) is 0 Å². The number of aromatic amines is 1. The maximum absolute atomic E-state index is 12.6. The van der Waals surface area contributed by atoms with Gasteiger partial charge in [0.1, 0.15) is 11.0 Å². The molecule has 0 aliphatic heterocycles. The van der Waals surface area contributed by atoms with Crippen LogP contribution in [0.25, 0.3) is 10.9 Å². The largest absolute Gasteiger partial charge is 0.444 e. The van der Waals surface area contributed by atoms with Crippen LogP contribution in [0.1, 0.15) is 64.5 Å². The van der Waals surface area contributed by atoms with Crippen molar-refractivity contribution < 1.29 is 9.53 Å². The lowest BCUT2D eigenvalue weighted by atomic mass is 9.95. The number of rotatable bonds is 5. The molecule has 1 aromatic carbocycles. The number of hydrogen-bond acceptors (Lipinski definition) is 5. The van der Waals surface area contributed by atoms with Crippen molar-refractivity contribution in [2.75, 3.05) is 5.32 Å². The summed E-state index contributed by atoms with van der Waals surface area (Å²) in [5.41, 5.74) is 1.95. The van der Waals surface area contributed by atoms with Gasteiger partial charge in [-0.2, -0.15) is 5.10 Å². The predicted molar refractivity (Wildman–Crippen MR) is 125 cm³/mol. The molecule has 32 heavy (non-hydrogen) atoms. The molecule has 170 valence electrons. The van der Waals surface area contributed by atoms with Gasteiger partial charge in [-0.3, -0.25) is 9.48 Å². The topological polar surface area (TPSA) is 101 Å². The van der Waals surface area contributed by atoms with E-state index in [1.807, 2.05) is 55.8 Å². The van der Waals surface area contributed by atoms with Gasteiger partial charge in [-0.05, 0) is 57.4 Å². The van der Waals surface area contributed by atoms with Gasteiger partial charge in [-0.1, -0.05) is 31.4 Å². The Bertz CT molecular complexity index is 1140. The minimum absolute atomic E-state index is 0.148. The van der Waals surface area contributed by atoms with E-state index >= 15 is 0 Å². The highest BCUT2D eigenvalue weighted by Gasteiger charge is 2.22. The van der Waals surface area contributed by atoms with Gasteiger partial charge in [0.25, 0.3) is 5.56 Å². The number of nitrogens with one attached hydrogen (secondary N) is 3. The molecule has 0 unspecified atom stereocenters. The van der Waals surface area contributed by atoms with Crippen molar-refractivity contribution in [2.24, 2.45) is 0 Å². The van der Waals surface area contributed by atoms with Crippen LogP contribution in [-0.4, -0.2) is 26.5 Å². The Morgan fingerprint density at radius 1 is 1.16 bits per heavy atom. The van der Waals surface area contributed by atoms with Gasteiger partial charge in [-0.25, -0.2) is 4.79 Å². The number of hydrogen-bond donors (Lipinski definition) is 3. The Morgan fingerprint density at radius 2 is 1.88 bits per heavy atom. The van der Waals surface area contributed by atoms with Gasteiger partial charge in [0.2, 0.25) is 0 Å². The number of H-pyrrole nitrogens is 1. The summed E-state index contributed by atoms with van der Waals surface area (Å²) < 4.78 is 7.28. The summed E-state index contributed by atoms with van der Waals surface area (Å²) >= 11 is 0. The van der Waals surface area contributed by atoms with E-state index in [9.17, 15) is 9.59 Å². The van der Waals surface area contributed by atoms with Gasteiger partial charge < -0.3 is 20.4 Å². The fraction of sp³-hybridized carbons (Fsp3) is 0.458. The molecule has 1 fully saturated rings. The number of amides is 1. The molecule has 3 N–H and O–H groups in total. The van der Waals surface area contributed by atoms with Gasteiger partial charge in [0.05, 0.1) is 11.6 Å². The van der Waals surface area contributed by atoms with Crippen molar-refractivity contribution >= 4 is 28.5 Å². The third kappa shape index (κ3) is 5.12. The summed E-state index contributed by atoms with van der Waals surface area (Å²) in [5.74, 6) is 0.562. The zero-order chi connectivity index (χ0) is 22.7. The second kappa shape index (κ2) is 9.06. The molecular weight excluding hydrogens is 406 g/mol. The summed E-state index contributed by atoms with van der Waals surface area (Å²) in [4.78, 5) is 27.2. The Balaban J connectivity index is 1.50. The van der Waals surface area contributed by atoms with Crippen LogP contribution in [0, 0.1) is 0 Å². The number of carbonyl (C=O) groups excluding carboxylic acids is 1. The van der Waals surface area contributed by atoms with Crippen LogP contribution in [0.2, 0.25) is 0 Å². The summed E-state index contributed by atoms with van der Waals surface area (Å²) in [6.07, 6.45) is 7.05. The Labute approximate surface area is 187 Å². The molecule has 2 aromatic heterocycles. The summed E-state index contributed by atoms with van der Waals surface area (Å²) in [7, 11) is 0. The Hall–Kier alpha value is -3.29. The molecular formula is C24H31N5O3. The molecule has 1 aliphatic rings. The minimum Gasteiger partial charge on any atom is -0.444 e. The molecule has 0 spiro atoms. The van der Waals surface area contributed by atoms with Crippen LogP contribution < -0.4 is 16.2 Å². The number of nitrogens with zero attached hydrogens (tertiary/aromatic N) is 2. The molecule has 1 saturated carbocycles. The first-order valence-electron chi connectivity index (χ1n) is 11.2. The molecule has 0 atom stereocenters. The molecule has 8 nitrogen and oxygen atoms in total. The van der Waals surface area contributed by atoms with E-state index in [0.29, 0.717) is 23.8 Å². The van der Waals surface area contributed by atoms with Crippen molar-refractivity contribution in [1.82, 2.24) is 20.1 Å². The first-order valence-corrected chi connectivity index (χ1v) is 11.2. The predicted octanol–water partition coefficient (Wildman–Crippen LogP) is 5.00. The van der Waals surface area contributed by atoms with E-state index in [4.69, 9.17) is 9.84 Å². The number of aromatic nitrogens is 3. The zero-order valence-corrected chi connectivity index (χ0v) is 18.9. The molecule has 0 saturated heterocycles. The van der Waals surface area contributed by atoms with E-state index in [0.717, 1.165) is 29.6 Å². The Kier molecular flexibility index (Phi) is 6.21. The maximum atomic E-state index is 12.6. The normalized spacial score (nSPS) is 15.0. The lowest BCUT2D eigenvalue weighted by molar-refractivity contribution is 0.0523. The standard InChI is InChI=1S/C24H31N5O3/c1-24(2,3)32-23(31)26-15-16-9-11-17(12-10-16)27-21-20-19(13-14-25-22(20)30)29(28-21)18-7-5-4-6-8-18/h9-14,18H,4-8,15H2,1-3H3,(H,25,30)(H,26,31)(H,27,28). The van der Waals surface area contributed by atoms with Crippen LogP contribution in [0.15, 0.2) is 41.3 Å². The highest BCUT2D eigenvalue weighted by Crippen LogP contribution is 2.32. The van der Waals surface area contributed by atoms with Crippen molar-refractivity contribution in [1.29, 1.82) is 0 Å². The molecule has 0 bridgehead atoms. The second-order valence-electron chi connectivity index (χ2n) is 9.33. The van der Waals surface area contributed by atoms with Crippen molar-refractivity contribution in [3.05, 3.63) is 52.4 Å². The number of pyridine rings is 1. The van der Waals surface area contributed by atoms with E-state index in [-0.39, 0.29) is 5.56 Å². The van der Waals surface area contributed by atoms with Gasteiger partial charge in [0.15, 0.2) is 5.82 Å². The third-order valence-electron chi connectivity index (χ3n) is 5.60. The molecule has 8 heteroatoms. The van der Waals surface area contributed by atoms with Gasteiger partial charge >= 0.3 is 6.09 Å². The molecule has 0 radical (unpaired) electrons. The number of alkyl carbamates (subject to hydrolysis) is 1. The monoisotopic (exact) mass is 437 g/mol. The first-order chi connectivity index (χ1) is 15.3. The number of fused-ring (bicyclic) bond motifs is 1. The van der Waals surface area contributed by atoms with Crippen molar-refractivity contribution in [3.8, 4) is 0 Å². The van der Waals surface area contributed by atoms with Crippen LogP contribution in [0.5, 0.6) is 0 Å². The second-order valence-corrected chi connectivity index (χ2v) is 9.33.